The summed E-state index contributed by atoms with van der Waals surface area (Å²) in [6.07, 6.45) is 59.1. The zero-order valence-electron chi connectivity index (χ0n) is 37.8. The lowest BCUT2D eigenvalue weighted by molar-refractivity contribution is -0.889. The third-order valence-electron chi connectivity index (χ3n) is 8.91. The topological polar surface area (TPSA) is 102 Å². The smallest absolute Gasteiger partial charge is 0.306 e. The van der Waals surface area contributed by atoms with Gasteiger partial charge in [-0.25, -0.2) is 0 Å². The minimum atomic E-state index is -1.15. The molecule has 0 aliphatic carbocycles. The number of carbonyl (C=O) groups is 3. The average Bonchev–Trinajstić information content (AvgIpc) is 3.21. The molecule has 0 saturated heterocycles. The molecule has 2 atom stereocenters. The fourth-order valence-electron chi connectivity index (χ4n) is 5.50. The van der Waals surface area contributed by atoms with E-state index in [2.05, 4.69) is 98.9 Å². The second kappa shape index (κ2) is 41.2. The summed E-state index contributed by atoms with van der Waals surface area (Å²) in [7, 11) is 5.36. The maximum absolute atomic E-state index is 12.7. The van der Waals surface area contributed by atoms with Crippen LogP contribution in [0.15, 0.2) is 134 Å². The number of aliphatic carboxylic acids is 1. The van der Waals surface area contributed by atoms with Crippen LogP contribution in [0.1, 0.15) is 123 Å². The SMILES string of the molecule is CC/C=C/C=C/C=C/C=C/C=C/CCCCCC(=O)OCC(COCCC(C(=O)[O-])[N+](C)(C)C)OC(=O)CCCC/C=C/C/C=C/C/C=C/C/C=C/C/C=C/C/C=C/CC. The first-order chi connectivity index (χ1) is 29.1. The van der Waals surface area contributed by atoms with E-state index in [1.54, 1.807) is 21.1 Å². The first-order valence-corrected chi connectivity index (χ1v) is 22.3. The highest BCUT2D eigenvalue weighted by Crippen LogP contribution is 2.11. The molecule has 0 spiro atoms. The second-order valence-corrected chi connectivity index (χ2v) is 15.3. The molecule has 2 unspecified atom stereocenters. The van der Waals surface area contributed by atoms with E-state index in [1.807, 2.05) is 48.6 Å². The zero-order chi connectivity index (χ0) is 44.2. The molecule has 0 aliphatic heterocycles. The van der Waals surface area contributed by atoms with Crippen LogP contribution in [0.3, 0.4) is 0 Å². The van der Waals surface area contributed by atoms with Gasteiger partial charge < -0.3 is 28.6 Å². The summed E-state index contributed by atoms with van der Waals surface area (Å²) < 4.78 is 17.1. The van der Waals surface area contributed by atoms with Crippen LogP contribution in [0.4, 0.5) is 0 Å². The van der Waals surface area contributed by atoms with Gasteiger partial charge in [0.2, 0.25) is 0 Å². The molecular formula is C52H79NO7. The van der Waals surface area contributed by atoms with Crippen LogP contribution in [0.5, 0.6) is 0 Å². The van der Waals surface area contributed by atoms with E-state index in [4.69, 9.17) is 14.2 Å². The second-order valence-electron chi connectivity index (χ2n) is 15.3. The van der Waals surface area contributed by atoms with Gasteiger partial charge in [-0.2, -0.15) is 0 Å². The number of carboxylic acids is 1. The normalized spacial score (nSPS) is 14.2. The van der Waals surface area contributed by atoms with Crippen molar-refractivity contribution in [2.75, 3.05) is 41.0 Å². The summed E-state index contributed by atoms with van der Waals surface area (Å²) in [5.41, 5.74) is 0. The molecule has 8 heteroatoms. The summed E-state index contributed by atoms with van der Waals surface area (Å²) >= 11 is 0. The van der Waals surface area contributed by atoms with Gasteiger partial charge in [0.05, 0.1) is 40.3 Å². The molecule has 0 aromatic rings. The molecule has 0 aromatic heterocycles. The number of ether oxygens (including phenoxy) is 3. The quantitative estimate of drug-likeness (QED) is 0.0202. The van der Waals surface area contributed by atoms with E-state index >= 15 is 0 Å². The number of carboxylic acid groups (broad SMARTS) is 1. The van der Waals surface area contributed by atoms with Gasteiger partial charge in [-0.15, -0.1) is 0 Å². The molecule has 60 heavy (non-hydrogen) atoms. The van der Waals surface area contributed by atoms with Crippen LogP contribution in [0.25, 0.3) is 0 Å². The van der Waals surface area contributed by atoms with Crippen LogP contribution >= 0.6 is 0 Å². The Labute approximate surface area is 364 Å². The van der Waals surface area contributed by atoms with Gasteiger partial charge in [-0.3, -0.25) is 9.59 Å². The number of unbranched alkanes of at least 4 members (excludes halogenated alkanes) is 5. The lowest BCUT2D eigenvalue weighted by Gasteiger charge is -2.34. The Bertz CT molecular complexity index is 1430. The molecule has 0 aliphatic rings. The predicted molar refractivity (Wildman–Crippen MR) is 249 cm³/mol. The van der Waals surface area contributed by atoms with Crippen LogP contribution in [0, 0.1) is 0 Å². The van der Waals surface area contributed by atoms with E-state index in [0.29, 0.717) is 12.8 Å². The monoisotopic (exact) mass is 830 g/mol. The van der Waals surface area contributed by atoms with Crippen LogP contribution in [0.2, 0.25) is 0 Å². The van der Waals surface area contributed by atoms with Crippen molar-refractivity contribution in [3.63, 3.8) is 0 Å². The predicted octanol–water partition coefficient (Wildman–Crippen LogP) is 11.1. The highest BCUT2D eigenvalue weighted by molar-refractivity contribution is 5.70. The summed E-state index contributed by atoms with van der Waals surface area (Å²) in [6, 6.07) is -0.750. The van der Waals surface area contributed by atoms with Gasteiger partial charge in [-0.05, 0) is 83.5 Å². The Morgan fingerprint density at radius 1 is 0.517 bits per heavy atom. The summed E-state index contributed by atoms with van der Waals surface area (Å²) in [4.78, 5) is 36.9. The first-order valence-electron chi connectivity index (χ1n) is 22.3. The van der Waals surface area contributed by atoms with Gasteiger partial charge in [0.15, 0.2) is 6.10 Å². The minimum absolute atomic E-state index is 0.00194. The van der Waals surface area contributed by atoms with Crippen molar-refractivity contribution in [1.82, 2.24) is 0 Å². The van der Waals surface area contributed by atoms with Crippen LogP contribution < -0.4 is 5.11 Å². The maximum atomic E-state index is 12.7. The zero-order valence-corrected chi connectivity index (χ0v) is 37.8. The van der Waals surface area contributed by atoms with E-state index in [9.17, 15) is 19.5 Å². The molecule has 0 heterocycles. The number of nitrogens with zero attached hydrogens (tertiary/aromatic N) is 1. The third kappa shape index (κ3) is 39.0. The van der Waals surface area contributed by atoms with Crippen molar-refractivity contribution in [2.24, 2.45) is 0 Å². The highest BCUT2D eigenvalue weighted by atomic mass is 16.6. The van der Waals surface area contributed by atoms with Gasteiger partial charge in [0.1, 0.15) is 12.6 Å². The van der Waals surface area contributed by atoms with Gasteiger partial charge in [-0.1, -0.05) is 154 Å². The fraction of sp³-hybridized carbons (Fsp3) is 0.519. The largest absolute Gasteiger partial charge is 0.544 e. The van der Waals surface area contributed by atoms with Crippen molar-refractivity contribution < 1.29 is 38.2 Å². The Kier molecular flexibility index (Phi) is 38.1. The molecule has 0 amide bonds. The molecule has 0 N–H and O–H groups in total. The molecular weight excluding hydrogens is 751 g/mol. The number of carbonyl (C=O) groups excluding carboxylic acids is 3. The van der Waals surface area contributed by atoms with Crippen LogP contribution in [-0.2, 0) is 28.6 Å². The van der Waals surface area contributed by atoms with Gasteiger partial charge >= 0.3 is 11.9 Å². The summed E-state index contributed by atoms with van der Waals surface area (Å²) in [6.45, 7) is 4.27. The lowest BCUT2D eigenvalue weighted by atomic mass is 10.1. The molecule has 334 valence electrons. The number of rotatable bonds is 37. The number of quaternary nitrogens is 1. The fourth-order valence-corrected chi connectivity index (χ4v) is 5.50. The molecule has 0 bridgehead atoms. The molecule has 0 aromatic carbocycles. The Balaban J connectivity index is 4.53. The van der Waals surface area contributed by atoms with E-state index in [-0.39, 0.29) is 55.5 Å². The maximum Gasteiger partial charge on any atom is 0.306 e. The Morgan fingerprint density at radius 2 is 0.967 bits per heavy atom. The van der Waals surface area contributed by atoms with Crippen molar-refractivity contribution in [3.8, 4) is 0 Å². The molecule has 0 radical (unpaired) electrons. The molecule has 0 rings (SSSR count). The lowest BCUT2D eigenvalue weighted by Crippen LogP contribution is -2.55. The first kappa shape index (κ1) is 55.5. The van der Waals surface area contributed by atoms with E-state index in [0.717, 1.165) is 77.0 Å². The Morgan fingerprint density at radius 3 is 1.50 bits per heavy atom. The van der Waals surface area contributed by atoms with Crippen molar-refractivity contribution in [1.29, 1.82) is 0 Å². The Hall–Kier alpha value is -4.53. The number of esters is 2. The summed E-state index contributed by atoms with van der Waals surface area (Å²) in [5.74, 6) is -1.87. The van der Waals surface area contributed by atoms with Gasteiger partial charge in [0, 0.05) is 19.3 Å². The van der Waals surface area contributed by atoms with E-state index in [1.165, 1.54) is 0 Å². The van der Waals surface area contributed by atoms with Crippen molar-refractivity contribution in [2.45, 2.75) is 135 Å². The van der Waals surface area contributed by atoms with Crippen LogP contribution in [-0.4, -0.2) is 75.5 Å². The number of hydrogen-bond acceptors (Lipinski definition) is 7. The standard InChI is InChI=1S/C52H79NO7/c1-6-8-10-12-14-16-18-20-22-23-24-25-26-27-29-31-33-35-37-39-41-43-51(55)60-48(46-58-45-44-49(52(56)57)53(3,4)5)47-59-50(54)42-40-38-36-34-32-30-28-21-19-17-15-13-11-9-7-2/h8-11,13-17,19-22,24-25,27-30,32-33,35,48-49H,6-7,12,18,23,26,31,34,36-47H2,1-5H3/b10-8+,11-9+,15-13+,16-14+,19-17+,22-20+,25-24+,28-21+,29-27+,32-30+,35-33+. The third-order valence-corrected chi connectivity index (χ3v) is 8.91. The minimum Gasteiger partial charge on any atom is -0.544 e. The van der Waals surface area contributed by atoms with Crippen molar-refractivity contribution in [3.05, 3.63) is 134 Å². The molecule has 0 fully saturated rings. The summed E-state index contributed by atoms with van der Waals surface area (Å²) in [5, 5.41) is 11.6. The highest BCUT2D eigenvalue weighted by Gasteiger charge is 2.25. The van der Waals surface area contributed by atoms with E-state index < -0.39 is 18.1 Å². The number of likely N-dealkylation sites (N-methyl/N-ethyl adjacent to an activating group) is 1. The number of hydrogen-bond donors (Lipinski definition) is 0. The molecule has 8 nitrogen and oxygen atoms in total. The average molecular weight is 830 g/mol. The number of allylic oxidation sites excluding steroid dienone is 22. The van der Waals surface area contributed by atoms with Crippen molar-refractivity contribution >= 4 is 17.9 Å². The van der Waals surface area contributed by atoms with Gasteiger partial charge in [0.25, 0.3) is 0 Å². The molecule has 0 saturated carbocycles.